The van der Waals surface area contributed by atoms with Crippen LogP contribution in [-0.2, 0) is 19.4 Å². The van der Waals surface area contributed by atoms with Crippen molar-refractivity contribution in [2.75, 3.05) is 7.11 Å². The first-order valence-corrected chi connectivity index (χ1v) is 11.5. The van der Waals surface area contributed by atoms with E-state index in [0.29, 0.717) is 22.7 Å². The van der Waals surface area contributed by atoms with Gasteiger partial charge in [0, 0.05) is 17.6 Å². The van der Waals surface area contributed by atoms with E-state index in [1.54, 1.807) is 18.3 Å². The number of amides is 1. The van der Waals surface area contributed by atoms with Gasteiger partial charge in [-0.05, 0) is 60.6 Å². The topological polar surface area (TPSA) is 59.9 Å². The van der Waals surface area contributed by atoms with Crippen LogP contribution < -0.4 is 14.8 Å². The first-order chi connectivity index (χ1) is 16.0. The molecule has 0 aliphatic heterocycles. The minimum absolute atomic E-state index is 0.0442. The number of fused-ring (bicyclic) bond motifs is 1. The number of halogens is 2. The lowest BCUT2D eigenvalue weighted by Gasteiger charge is -2.13. The molecular formula is C25H24F2N2O3S. The van der Waals surface area contributed by atoms with Crippen LogP contribution in [0.5, 0.6) is 11.5 Å². The van der Waals surface area contributed by atoms with E-state index in [1.807, 2.05) is 30.3 Å². The molecule has 1 aliphatic rings. The minimum Gasteiger partial charge on any atom is -0.493 e. The molecule has 0 bridgehead atoms. The number of nitrogens with zero attached hydrogens (tertiary/aromatic N) is 1. The number of carbonyl (C=O) groups excluding carboxylic acids is 1. The average Bonchev–Trinajstić information content (AvgIpc) is 3.20. The molecule has 172 valence electrons. The van der Waals surface area contributed by atoms with Crippen LogP contribution in [0.1, 0.15) is 44.8 Å². The summed E-state index contributed by atoms with van der Waals surface area (Å²) in [6.45, 7) is -2.50. The van der Waals surface area contributed by atoms with Crippen molar-refractivity contribution in [2.45, 2.75) is 38.8 Å². The van der Waals surface area contributed by atoms with Crippen molar-refractivity contribution in [3.05, 3.63) is 75.7 Å². The number of aliphatic imine (C=N–C) groups is 1. The Morgan fingerprint density at radius 2 is 1.94 bits per heavy atom. The van der Waals surface area contributed by atoms with Crippen LogP contribution in [-0.4, -0.2) is 25.8 Å². The zero-order valence-corrected chi connectivity index (χ0v) is 19.0. The second-order valence-corrected chi connectivity index (χ2v) is 8.69. The van der Waals surface area contributed by atoms with E-state index in [0.717, 1.165) is 36.8 Å². The van der Waals surface area contributed by atoms with Crippen LogP contribution in [0.15, 0.2) is 53.5 Å². The predicted octanol–water partition coefficient (Wildman–Crippen LogP) is 5.92. The number of hydrogen-bond donors (Lipinski definition) is 1. The fraction of sp³-hybridized carbons (Fsp3) is 0.280. The lowest BCUT2D eigenvalue weighted by atomic mass is 9.95. The predicted molar refractivity (Wildman–Crippen MR) is 125 cm³/mol. The highest BCUT2D eigenvalue weighted by Gasteiger charge is 2.25. The van der Waals surface area contributed by atoms with Gasteiger partial charge in [-0.15, -0.1) is 11.3 Å². The zero-order valence-electron chi connectivity index (χ0n) is 18.1. The van der Waals surface area contributed by atoms with Crippen molar-refractivity contribution in [1.29, 1.82) is 0 Å². The molecule has 1 heterocycles. The van der Waals surface area contributed by atoms with Crippen LogP contribution in [0.25, 0.3) is 0 Å². The van der Waals surface area contributed by atoms with Crippen LogP contribution in [0, 0.1) is 0 Å². The highest BCUT2D eigenvalue weighted by molar-refractivity contribution is 7.16. The fourth-order valence-corrected chi connectivity index (χ4v) is 5.06. The third-order valence-corrected chi connectivity index (χ3v) is 6.61. The number of aryl methyl sites for hydroxylation is 1. The number of benzene rings is 2. The average molecular weight is 471 g/mol. The van der Waals surface area contributed by atoms with Gasteiger partial charge in [-0.3, -0.25) is 4.79 Å². The van der Waals surface area contributed by atoms with Crippen LogP contribution in [0.3, 0.4) is 0 Å². The van der Waals surface area contributed by atoms with E-state index in [-0.39, 0.29) is 17.4 Å². The molecule has 1 aliphatic carbocycles. The maximum Gasteiger partial charge on any atom is 0.387 e. The van der Waals surface area contributed by atoms with Crippen molar-refractivity contribution in [3.63, 3.8) is 0 Å². The van der Waals surface area contributed by atoms with Gasteiger partial charge in [-0.2, -0.15) is 8.78 Å². The molecule has 0 unspecified atom stereocenters. The summed E-state index contributed by atoms with van der Waals surface area (Å²) in [4.78, 5) is 19.0. The largest absolute Gasteiger partial charge is 0.493 e. The fourth-order valence-electron chi connectivity index (χ4n) is 3.83. The van der Waals surface area contributed by atoms with Gasteiger partial charge in [0.15, 0.2) is 11.5 Å². The SMILES string of the molecule is COc1cc(C=Nc2sc3c(c2C(=O)NCc2ccccc2)CCCC3)ccc1OC(F)F. The molecule has 2 aromatic carbocycles. The van der Waals surface area contributed by atoms with Gasteiger partial charge in [0.05, 0.1) is 12.7 Å². The highest BCUT2D eigenvalue weighted by atomic mass is 32.1. The molecule has 1 amide bonds. The quantitative estimate of drug-likeness (QED) is 0.416. The van der Waals surface area contributed by atoms with E-state index < -0.39 is 6.61 Å². The van der Waals surface area contributed by atoms with Crippen LogP contribution in [0.2, 0.25) is 0 Å². The number of carbonyl (C=O) groups is 1. The Balaban J connectivity index is 1.59. The summed E-state index contributed by atoms with van der Waals surface area (Å²) >= 11 is 1.54. The summed E-state index contributed by atoms with van der Waals surface area (Å²) in [6.07, 6.45) is 5.57. The van der Waals surface area contributed by atoms with Crippen molar-refractivity contribution >= 4 is 28.5 Å². The molecule has 0 atom stereocenters. The van der Waals surface area contributed by atoms with Gasteiger partial charge in [0.25, 0.3) is 5.91 Å². The third-order valence-electron chi connectivity index (χ3n) is 5.41. The Bertz CT molecular complexity index is 1150. The molecule has 0 saturated carbocycles. The van der Waals surface area contributed by atoms with Gasteiger partial charge < -0.3 is 14.8 Å². The third kappa shape index (κ3) is 5.57. The lowest BCUT2D eigenvalue weighted by molar-refractivity contribution is -0.0512. The molecule has 3 aromatic rings. The highest BCUT2D eigenvalue weighted by Crippen LogP contribution is 2.40. The number of nitrogens with one attached hydrogen (secondary N) is 1. The van der Waals surface area contributed by atoms with Crippen molar-refractivity contribution in [1.82, 2.24) is 5.32 Å². The summed E-state index contributed by atoms with van der Waals surface area (Å²) < 4.78 is 34.8. The molecule has 0 radical (unpaired) electrons. The van der Waals surface area contributed by atoms with E-state index in [4.69, 9.17) is 4.74 Å². The molecule has 1 aromatic heterocycles. The van der Waals surface area contributed by atoms with Gasteiger partial charge >= 0.3 is 6.61 Å². The molecule has 0 saturated heterocycles. The number of thiophene rings is 1. The molecule has 0 spiro atoms. The van der Waals surface area contributed by atoms with Gasteiger partial charge in [-0.25, -0.2) is 4.99 Å². The maximum atomic E-state index is 13.1. The Morgan fingerprint density at radius 3 is 2.70 bits per heavy atom. The van der Waals surface area contributed by atoms with Crippen molar-refractivity contribution in [2.24, 2.45) is 4.99 Å². The van der Waals surface area contributed by atoms with Gasteiger partial charge in [-0.1, -0.05) is 30.3 Å². The molecule has 33 heavy (non-hydrogen) atoms. The Hall–Kier alpha value is -3.26. The second-order valence-electron chi connectivity index (χ2n) is 7.61. The molecule has 8 heteroatoms. The number of alkyl halides is 2. The van der Waals surface area contributed by atoms with Gasteiger partial charge in [0.1, 0.15) is 5.00 Å². The maximum absolute atomic E-state index is 13.1. The van der Waals surface area contributed by atoms with Crippen molar-refractivity contribution < 1.29 is 23.0 Å². The zero-order chi connectivity index (χ0) is 23.2. The lowest BCUT2D eigenvalue weighted by Crippen LogP contribution is -2.24. The summed E-state index contributed by atoms with van der Waals surface area (Å²) in [6, 6.07) is 14.4. The van der Waals surface area contributed by atoms with E-state index >= 15 is 0 Å². The summed E-state index contributed by atoms with van der Waals surface area (Å²) in [5, 5.41) is 3.67. The first-order valence-electron chi connectivity index (χ1n) is 10.7. The number of ether oxygens (including phenoxy) is 2. The molecule has 1 N–H and O–H groups in total. The Kier molecular flexibility index (Phi) is 7.34. The molecule has 4 rings (SSSR count). The molecule has 5 nitrogen and oxygen atoms in total. The normalized spacial score (nSPS) is 13.2. The van der Waals surface area contributed by atoms with Gasteiger partial charge in [0.2, 0.25) is 0 Å². The van der Waals surface area contributed by atoms with E-state index in [9.17, 15) is 13.6 Å². The minimum atomic E-state index is -2.94. The number of hydrogen-bond acceptors (Lipinski definition) is 5. The first kappa shape index (κ1) is 22.9. The molecule has 0 fully saturated rings. The smallest absolute Gasteiger partial charge is 0.387 e. The summed E-state index contributed by atoms with van der Waals surface area (Å²) in [7, 11) is 1.39. The number of methoxy groups -OCH3 is 1. The van der Waals surface area contributed by atoms with Crippen LogP contribution >= 0.6 is 11.3 Å². The van der Waals surface area contributed by atoms with Crippen molar-refractivity contribution in [3.8, 4) is 11.5 Å². The Labute approximate surface area is 195 Å². The summed E-state index contributed by atoms with van der Waals surface area (Å²) in [5.74, 6) is 0.00596. The standard InChI is InChI=1S/C25H24F2N2O3S/c1-31-20-13-17(11-12-19(20)32-25(26)27)15-29-24-22(18-9-5-6-10-21(18)33-24)23(30)28-14-16-7-3-2-4-8-16/h2-4,7-8,11-13,15,25H,5-6,9-10,14H2,1H3,(H,28,30). The molecular weight excluding hydrogens is 446 g/mol. The van der Waals surface area contributed by atoms with Crippen LogP contribution in [0.4, 0.5) is 13.8 Å². The number of rotatable bonds is 8. The van der Waals surface area contributed by atoms with E-state index in [2.05, 4.69) is 15.0 Å². The Morgan fingerprint density at radius 1 is 1.15 bits per heavy atom. The second kappa shape index (κ2) is 10.6. The monoisotopic (exact) mass is 470 g/mol. The van der Waals surface area contributed by atoms with E-state index in [1.165, 1.54) is 29.4 Å². The summed E-state index contributed by atoms with van der Waals surface area (Å²) in [5.41, 5.74) is 3.39.